The number of nitrogens with zero attached hydrogens (tertiary/aromatic N) is 4. The van der Waals surface area contributed by atoms with Crippen molar-refractivity contribution in [2.45, 2.75) is 44.4 Å². The summed E-state index contributed by atoms with van der Waals surface area (Å²) in [6.07, 6.45) is 2.12. The first-order chi connectivity index (χ1) is 15.1. The van der Waals surface area contributed by atoms with Crippen molar-refractivity contribution in [2.75, 3.05) is 6.67 Å². The van der Waals surface area contributed by atoms with Crippen LogP contribution in [0, 0.1) is 11.3 Å². The zero-order valence-corrected chi connectivity index (χ0v) is 18.2. The Morgan fingerprint density at radius 3 is 2.41 bits per heavy atom. The molecule has 0 amide bonds. The van der Waals surface area contributed by atoms with Crippen molar-refractivity contribution >= 4 is 20.9 Å². The lowest BCUT2D eigenvalue weighted by Gasteiger charge is -2.15. The van der Waals surface area contributed by atoms with Crippen LogP contribution in [0.1, 0.15) is 32.4 Å². The average Bonchev–Trinajstić information content (AvgIpc) is 3.06. The summed E-state index contributed by atoms with van der Waals surface area (Å²) in [5.41, 5.74) is 0.973. The smallest absolute Gasteiger partial charge is 0.387 e. The average molecular weight is 467 g/mol. The minimum atomic E-state index is -4.03. The van der Waals surface area contributed by atoms with Gasteiger partial charge in [0.2, 0.25) is 10.0 Å². The highest BCUT2D eigenvalue weighted by Crippen LogP contribution is 2.36. The molecule has 12 heteroatoms. The number of nitrogens with one attached hydrogen (secondary N) is 1. The maximum Gasteiger partial charge on any atom is 0.387 e. The topological polar surface area (TPSA) is 110 Å². The Morgan fingerprint density at radius 1 is 1.22 bits per heavy atom. The van der Waals surface area contributed by atoms with Gasteiger partial charge in [-0.05, 0) is 32.9 Å². The minimum Gasteiger partial charge on any atom is -0.435 e. The fourth-order valence-corrected chi connectivity index (χ4v) is 4.39. The second-order valence-corrected chi connectivity index (χ2v) is 8.99. The van der Waals surface area contributed by atoms with E-state index in [1.165, 1.54) is 25.1 Å². The maximum atomic E-state index is 12.7. The summed E-state index contributed by atoms with van der Waals surface area (Å²) in [7, 11) is -4.03. The molecule has 3 aromatic rings. The van der Waals surface area contributed by atoms with Gasteiger partial charge in [0.1, 0.15) is 29.1 Å². The number of aromatic nitrogens is 3. The molecule has 2 heterocycles. The highest BCUT2D eigenvalue weighted by molar-refractivity contribution is 7.89. The molecule has 0 fully saturated rings. The van der Waals surface area contributed by atoms with Crippen LogP contribution in [0.4, 0.5) is 13.2 Å². The van der Waals surface area contributed by atoms with E-state index in [0.29, 0.717) is 16.6 Å². The van der Waals surface area contributed by atoms with Gasteiger partial charge < -0.3 is 9.30 Å². The molecule has 170 valence electrons. The Morgan fingerprint density at radius 2 is 1.88 bits per heavy atom. The molecule has 0 aliphatic rings. The van der Waals surface area contributed by atoms with Gasteiger partial charge in [-0.25, -0.2) is 27.5 Å². The first kappa shape index (κ1) is 23.5. The van der Waals surface area contributed by atoms with Crippen LogP contribution in [0.25, 0.3) is 22.4 Å². The summed E-state index contributed by atoms with van der Waals surface area (Å²) >= 11 is 0. The molecule has 8 nitrogen and oxygen atoms in total. The first-order valence-corrected chi connectivity index (χ1v) is 11.0. The maximum absolute atomic E-state index is 12.7. The SMILES string of the molecule is CC(C)n1c(-c2ncc(S(=O)(=O)N[C@@H](C)CF)cn2)c(C#N)c2ccc(OC(F)F)cc21. The fourth-order valence-electron chi connectivity index (χ4n) is 3.28. The van der Waals surface area contributed by atoms with E-state index in [4.69, 9.17) is 0 Å². The molecule has 1 N–H and O–H groups in total. The summed E-state index contributed by atoms with van der Waals surface area (Å²) in [6.45, 7) is 1.14. The lowest BCUT2D eigenvalue weighted by Crippen LogP contribution is -2.34. The van der Waals surface area contributed by atoms with Crippen LogP contribution in [0.2, 0.25) is 0 Å². The number of halogens is 3. The third kappa shape index (κ3) is 4.53. The third-order valence-electron chi connectivity index (χ3n) is 4.57. The van der Waals surface area contributed by atoms with Crippen LogP contribution >= 0.6 is 0 Å². The molecule has 32 heavy (non-hydrogen) atoms. The Labute approximate surface area is 182 Å². The number of alkyl halides is 3. The zero-order chi connectivity index (χ0) is 23.6. The Balaban J connectivity index is 2.16. The van der Waals surface area contributed by atoms with Gasteiger partial charge in [0.05, 0.1) is 23.5 Å². The molecule has 1 atom stereocenters. The van der Waals surface area contributed by atoms with Crippen molar-refractivity contribution in [1.82, 2.24) is 19.3 Å². The van der Waals surface area contributed by atoms with E-state index in [9.17, 15) is 26.9 Å². The number of benzene rings is 1. The molecule has 0 radical (unpaired) electrons. The van der Waals surface area contributed by atoms with Gasteiger partial charge in [-0.3, -0.25) is 0 Å². The lowest BCUT2D eigenvalue weighted by molar-refractivity contribution is -0.0497. The highest BCUT2D eigenvalue weighted by atomic mass is 32.2. The number of hydrogen-bond acceptors (Lipinski definition) is 6. The summed E-state index contributed by atoms with van der Waals surface area (Å²) in [5.74, 6) is -0.00127. The molecular formula is C20H20F3N5O3S. The fraction of sp³-hybridized carbons (Fsp3) is 0.350. The van der Waals surface area contributed by atoms with E-state index >= 15 is 0 Å². The number of ether oxygens (including phenoxy) is 1. The molecule has 2 aromatic heterocycles. The molecule has 0 spiro atoms. The molecule has 0 aliphatic carbocycles. The van der Waals surface area contributed by atoms with Gasteiger partial charge in [0.25, 0.3) is 0 Å². The van der Waals surface area contributed by atoms with Crippen molar-refractivity contribution in [1.29, 1.82) is 5.26 Å². The van der Waals surface area contributed by atoms with Crippen molar-refractivity contribution in [3.8, 4) is 23.3 Å². The standard InChI is InChI=1S/C20H20F3N5O3S/c1-11(2)28-17-6-13(31-20(22)23)4-5-15(17)16(8-24)18(28)19-25-9-14(10-26-19)32(29,30)27-12(3)7-21/h4-6,9-12,20,27H,7H2,1-3H3/t12-/m0/s1. The Kier molecular flexibility index (Phi) is 6.71. The highest BCUT2D eigenvalue weighted by Gasteiger charge is 2.24. The van der Waals surface area contributed by atoms with Gasteiger partial charge in [-0.2, -0.15) is 14.0 Å². The minimum absolute atomic E-state index is 0.0697. The largest absolute Gasteiger partial charge is 0.435 e. The third-order valence-corrected chi connectivity index (χ3v) is 6.11. The number of nitriles is 1. The van der Waals surface area contributed by atoms with E-state index in [1.807, 2.05) is 13.8 Å². The van der Waals surface area contributed by atoms with Crippen molar-refractivity contribution in [3.63, 3.8) is 0 Å². The van der Waals surface area contributed by atoms with Crippen LogP contribution < -0.4 is 9.46 Å². The van der Waals surface area contributed by atoms with Gasteiger partial charge in [0, 0.05) is 23.5 Å². The summed E-state index contributed by atoms with van der Waals surface area (Å²) in [4.78, 5) is 7.97. The quantitative estimate of drug-likeness (QED) is 0.540. The van der Waals surface area contributed by atoms with Crippen LogP contribution in [0.5, 0.6) is 5.75 Å². The van der Waals surface area contributed by atoms with Crippen LogP contribution in [0.15, 0.2) is 35.5 Å². The van der Waals surface area contributed by atoms with E-state index in [0.717, 1.165) is 12.4 Å². The summed E-state index contributed by atoms with van der Waals surface area (Å²) in [5, 5.41) is 10.3. The number of fused-ring (bicyclic) bond motifs is 1. The van der Waals surface area contributed by atoms with Gasteiger partial charge in [-0.15, -0.1) is 0 Å². The normalized spacial score (nSPS) is 13.0. The van der Waals surface area contributed by atoms with E-state index in [-0.39, 0.29) is 28.1 Å². The van der Waals surface area contributed by atoms with Gasteiger partial charge in [-0.1, -0.05) is 0 Å². The number of hydrogen-bond donors (Lipinski definition) is 1. The predicted octanol–water partition coefficient (Wildman–Crippen LogP) is 3.79. The second kappa shape index (κ2) is 9.13. The molecular weight excluding hydrogens is 447 g/mol. The molecule has 0 saturated heterocycles. The van der Waals surface area contributed by atoms with Crippen molar-refractivity contribution in [2.24, 2.45) is 0 Å². The second-order valence-electron chi connectivity index (χ2n) is 7.28. The molecule has 3 rings (SSSR count). The van der Waals surface area contributed by atoms with Crippen LogP contribution in [0.3, 0.4) is 0 Å². The van der Waals surface area contributed by atoms with Crippen LogP contribution in [-0.4, -0.2) is 42.3 Å². The molecule has 1 aromatic carbocycles. The van der Waals surface area contributed by atoms with E-state index in [2.05, 4.69) is 25.5 Å². The number of sulfonamides is 1. The lowest BCUT2D eigenvalue weighted by atomic mass is 10.1. The van der Waals surface area contributed by atoms with Crippen molar-refractivity contribution in [3.05, 3.63) is 36.2 Å². The summed E-state index contributed by atoms with van der Waals surface area (Å²) in [6, 6.07) is 5.17. The zero-order valence-electron chi connectivity index (χ0n) is 17.4. The van der Waals surface area contributed by atoms with Gasteiger partial charge >= 0.3 is 6.61 Å². The van der Waals surface area contributed by atoms with Crippen LogP contribution in [-0.2, 0) is 10.0 Å². The molecule has 0 unspecified atom stereocenters. The van der Waals surface area contributed by atoms with E-state index < -0.39 is 29.4 Å². The van der Waals surface area contributed by atoms with E-state index in [1.54, 1.807) is 4.57 Å². The molecule has 0 saturated carbocycles. The predicted molar refractivity (Wildman–Crippen MR) is 110 cm³/mol. The molecule has 0 bridgehead atoms. The summed E-state index contributed by atoms with van der Waals surface area (Å²) < 4.78 is 71.0. The van der Waals surface area contributed by atoms with Gasteiger partial charge in [0.15, 0.2) is 5.82 Å². The number of rotatable bonds is 8. The monoisotopic (exact) mass is 467 g/mol. The van der Waals surface area contributed by atoms with Crippen molar-refractivity contribution < 1.29 is 26.3 Å². The first-order valence-electron chi connectivity index (χ1n) is 9.52. The molecule has 0 aliphatic heterocycles. The Hall–Kier alpha value is -3.17. The Bertz CT molecular complexity index is 1270.